The number of rotatable bonds is 8. The Morgan fingerprint density at radius 2 is 1.86 bits per heavy atom. The fourth-order valence-corrected chi connectivity index (χ4v) is 5.28. The van der Waals surface area contributed by atoms with E-state index in [1.807, 2.05) is 24.3 Å². The molecule has 0 aromatic heterocycles. The number of morpholine rings is 1. The first-order chi connectivity index (χ1) is 13.9. The largest absolute Gasteiger partial charge is 0.379 e. The monoisotopic (exact) mass is 454 g/mol. The summed E-state index contributed by atoms with van der Waals surface area (Å²) < 4.78 is 32.1. The number of nitrogens with zero attached hydrogens (tertiary/aromatic N) is 1. The Bertz CT molecular complexity index is 930. The van der Waals surface area contributed by atoms with Crippen LogP contribution in [-0.4, -0.2) is 50.7 Å². The number of carbonyl (C=O) groups excluding carboxylic acids is 1. The summed E-state index contributed by atoms with van der Waals surface area (Å²) in [6.07, 6.45) is 1.08. The lowest BCUT2D eigenvalue weighted by molar-refractivity contribution is -0.116. The van der Waals surface area contributed by atoms with E-state index < -0.39 is 10.0 Å². The number of thioether (sulfide) groups is 1. The van der Waals surface area contributed by atoms with Crippen LogP contribution >= 0.6 is 23.4 Å². The van der Waals surface area contributed by atoms with E-state index in [1.54, 1.807) is 30.0 Å². The van der Waals surface area contributed by atoms with Crippen LogP contribution in [0.3, 0.4) is 0 Å². The Balaban J connectivity index is 1.50. The summed E-state index contributed by atoms with van der Waals surface area (Å²) in [6, 6.07) is 14.0. The van der Waals surface area contributed by atoms with E-state index in [1.165, 1.54) is 10.4 Å². The van der Waals surface area contributed by atoms with Crippen LogP contribution in [0.4, 0.5) is 5.69 Å². The minimum atomic E-state index is -3.59. The molecule has 1 fully saturated rings. The number of benzene rings is 2. The topological polar surface area (TPSA) is 75.7 Å². The van der Waals surface area contributed by atoms with Crippen molar-refractivity contribution in [2.24, 2.45) is 0 Å². The molecule has 0 atom stereocenters. The van der Waals surface area contributed by atoms with Crippen molar-refractivity contribution in [2.75, 3.05) is 37.4 Å². The van der Waals surface area contributed by atoms with Crippen LogP contribution in [0.15, 0.2) is 58.3 Å². The number of amides is 1. The zero-order valence-electron chi connectivity index (χ0n) is 15.8. The highest BCUT2D eigenvalue weighted by Crippen LogP contribution is 2.23. The molecule has 2 aromatic carbocycles. The SMILES string of the molecule is O=C(CCCSc1ccc(Cl)cc1)Nc1cccc(S(=O)(=O)N2CCOCC2)c1. The number of carbonyl (C=O) groups is 1. The zero-order chi connectivity index (χ0) is 20.7. The Morgan fingerprint density at radius 3 is 2.59 bits per heavy atom. The number of anilines is 1. The summed E-state index contributed by atoms with van der Waals surface area (Å²) in [4.78, 5) is 13.5. The summed E-state index contributed by atoms with van der Waals surface area (Å²) in [5, 5.41) is 3.49. The standard InChI is InChI=1S/C20H23ClN2O4S2/c21-16-6-8-18(9-7-16)28-14-2-5-20(24)22-17-3-1-4-19(15-17)29(25,26)23-10-12-27-13-11-23/h1,3-4,6-9,15H,2,5,10-14H2,(H,22,24). The molecule has 0 spiro atoms. The van der Waals surface area contributed by atoms with Gasteiger partial charge in [0, 0.05) is 35.1 Å². The van der Waals surface area contributed by atoms with Crippen LogP contribution in [-0.2, 0) is 19.6 Å². The minimum absolute atomic E-state index is 0.136. The van der Waals surface area contributed by atoms with Crippen molar-refractivity contribution in [1.29, 1.82) is 0 Å². The first kappa shape index (κ1) is 22.1. The van der Waals surface area contributed by atoms with Crippen LogP contribution in [0, 0.1) is 0 Å². The van der Waals surface area contributed by atoms with Crippen LogP contribution < -0.4 is 5.32 Å². The molecule has 0 aliphatic carbocycles. The fraction of sp³-hybridized carbons (Fsp3) is 0.350. The Hall–Kier alpha value is -1.58. The summed E-state index contributed by atoms with van der Waals surface area (Å²) in [5.41, 5.74) is 0.481. The van der Waals surface area contributed by atoms with Gasteiger partial charge in [-0.3, -0.25) is 4.79 Å². The van der Waals surface area contributed by atoms with Gasteiger partial charge in [0.2, 0.25) is 15.9 Å². The van der Waals surface area contributed by atoms with Crippen LogP contribution in [0.2, 0.25) is 5.02 Å². The van der Waals surface area contributed by atoms with E-state index in [0.29, 0.717) is 49.9 Å². The average molecular weight is 455 g/mol. The smallest absolute Gasteiger partial charge is 0.243 e. The zero-order valence-corrected chi connectivity index (χ0v) is 18.2. The van der Waals surface area contributed by atoms with E-state index in [2.05, 4.69) is 5.32 Å². The summed E-state index contributed by atoms with van der Waals surface area (Å²) in [5.74, 6) is 0.670. The predicted molar refractivity (Wildman–Crippen MR) is 116 cm³/mol. The highest BCUT2D eigenvalue weighted by atomic mass is 35.5. The Kier molecular flexibility index (Phi) is 7.97. The molecule has 1 aliphatic heterocycles. The van der Waals surface area contributed by atoms with Gasteiger partial charge in [0.25, 0.3) is 0 Å². The van der Waals surface area contributed by atoms with Gasteiger partial charge in [0.05, 0.1) is 18.1 Å². The molecule has 1 aliphatic rings. The molecule has 1 saturated heterocycles. The van der Waals surface area contributed by atoms with Crippen molar-refractivity contribution in [2.45, 2.75) is 22.6 Å². The molecule has 29 heavy (non-hydrogen) atoms. The molecule has 3 rings (SSSR count). The first-order valence-corrected chi connectivity index (χ1v) is 12.1. The molecule has 156 valence electrons. The van der Waals surface area contributed by atoms with E-state index in [0.717, 1.165) is 10.6 Å². The lowest BCUT2D eigenvalue weighted by Gasteiger charge is -2.26. The van der Waals surface area contributed by atoms with Crippen molar-refractivity contribution in [3.8, 4) is 0 Å². The number of ether oxygens (including phenoxy) is 1. The number of sulfonamides is 1. The normalized spacial score (nSPS) is 15.2. The molecule has 2 aromatic rings. The second-order valence-corrected chi connectivity index (χ2v) is 10.0. The van der Waals surface area contributed by atoms with Crippen molar-refractivity contribution >= 4 is 45.0 Å². The van der Waals surface area contributed by atoms with Gasteiger partial charge in [-0.15, -0.1) is 11.8 Å². The second-order valence-electron chi connectivity index (χ2n) is 6.50. The fourth-order valence-electron chi connectivity index (χ4n) is 2.85. The van der Waals surface area contributed by atoms with Gasteiger partial charge >= 0.3 is 0 Å². The highest BCUT2D eigenvalue weighted by Gasteiger charge is 2.26. The number of halogens is 1. The quantitative estimate of drug-likeness (QED) is 0.484. The van der Waals surface area contributed by atoms with Crippen LogP contribution in [0.1, 0.15) is 12.8 Å². The molecule has 9 heteroatoms. The lowest BCUT2D eigenvalue weighted by Crippen LogP contribution is -2.40. The van der Waals surface area contributed by atoms with Crippen molar-refractivity contribution < 1.29 is 17.9 Å². The second kappa shape index (κ2) is 10.4. The van der Waals surface area contributed by atoms with Crippen LogP contribution in [0.25, 0.3) is 0 Å². The van der Waals surface area contributed by atoms with E-state index in [9.17, 15) is 13.2 Å². The van der Waals surface area contributed by atoms with Crippen LogP contribution in [0.5, 0.6) is 0 Å². The number of hydrogen-bond acceptors (Lipinski definition) is 5. The van der Waals surface area contributed by atoms with Gasteiger partial charge in [-0.05, 0) is 54.6 Å². The molecule has 1 N–H and O–H groups in total. The molecule has 0 unspecified atom stereocenters. The third-order valence-electron chi connectivity index (χ3n) is 4.36. The predicted octanol–water partition coefficient (Wildman–Crippen LogP) is 3.87. The van der Waals surface area contributed by atoms with E-state index in [-0.39, 0.29) is 10.8 Å². The molecule has 0 radical (unpaired) electrons. The summed E-state index contributed by atoms with van der Waals surface area (Å²) >= 11 is 7.53. The minimum Gasteiger partial charge on any atom is -0.379 e. The van der Waals surface area contributed by atoms with Gasteiger partial charge in [-0.2, -0.15) is 4.31 Å². The third-order valence-corrected chi connectivity index (χ3v) is 7.60. The van der Waals surface area contributed by atoms with E-state index >= 15 is 0 Å². The Morgan fingerprint density at radius 1 is 1.14 bits per heavy atom. The summed E-state index contributed by atoms with van der Waals surface area (Å²) in [7, 11) is -3.59. The maximum absolute atomic E-state index is 12.7. The van der Waals surface area contributed by atoms with Gasteiger partial charge in [0.1, 0.15) is 0 Å². The Labute approximate surface area is 180 Å². The number of nitrogens with one attached hydrogen (secondary N) is 1. The van der Waals surface area contributed by atoms with E-state index in [4.69, 9.17) is 16.3 Å². The maximum atomic E-state index is 12.7. The molecular weight excluding hydrogens is 432 g/mol. The summed E-state index contributed by atoms with van der Waals surface area (Å²) in [6.45, 7) is 1.46. The molecule has 1 heterocycles. The van der Waals surface area contributed by atoms with Crippen molar-refractivity contribution in [3.63, 3.8) is 0 Å². The lowest BCUT2D eigenvalue weighted by atomic mass is 10.3. The molecule has 0 saturated carbocycles. The van der Waals surface area contributed by atoms with Gasteiger partial charge in [-0.1, -0.05) is 17.7 Å². The average Bonchev–Trinajstić information content (AvgIpc) is 2.73. The van der Waals surface area contributed by atoms with Gasteiger partial charge < -0.3 is 10.1 Å². The van der Waals surface area contributed by atoms with Gasteiger partial charge in [0.15, 0.2) is 0 Å². The third kappa shape index (κ3) is 6.45. The molecule has 1 amide bonds. The number of hydrogen-bond donors (Lipinski definition) is 1. The molecular formula is C20H23ClN2O4S2. The van der Waals surface area contributed by atoms with Crippen molar-refractivity contribution in [1.82, 2.24) is 4.31 Å². The maximum Gasteiger partial charge on any atom is 0.243 e. The van der Waals surface area contributed by atoms with Crippen molar-refractivity contribution in [3.05, 3.63) is 53.6 Å². The van der Waals surface area contributed by atoms with Gasteiger partial charge in [-0.25, -0.2) is 8.42 Å². The molecule has 6 nitrogen and oxygen atoms in total. The highest BCUT2D eigenvalue weighted by molar-refractivity contribution is 7.99. The first-order valence-electron chi connectivity index (χ1n) is 9.31. The molecule has 0 bridgehead atoms.